The fourth-order valence-electron chi connectivity index (χ4n) is 5.76. The summed E-state index contributed by atoms with van der Waals surface area (Å²) >= 11 is 0. The monoisotopic (exact) mass is 552 g/mol. The number of aromatic nitrogens is 3. The van der Waals surface area contributed by atoms with Crippen LogP contribution in [0.25, 0.3) is 16.9 Å². The number of carbonyl (C=O) groups is 2. The van der Waals surface area contributed by atoms with Crippen molar-refractivity contribution in [3.05, 3.63) is 93.9 Å². The van der Waals surface area contributed by atoms with Crippen LogP contribution in [-0.2, 0) is 13.1 Å². The van der Waals surface area contributed by atoms with Crippen LogP contribution in [0.2, 0.25) is 0 Å². The lowest BCUT2D eigenvalue weighted by Gasteiger charge is -2.16. The molecule has 2 aromatic heterocycles. The number of carbonyl (C=O) groups excluding carboxylic acids is 2. The van der Waals surface area contributed by atoms with Gasteiger partial charge >= 0.3 is 0 Å². The van der Waals surface area contributed by atoms with E-state index in [1.165, 1.54) is 49.5 Å². The van der Waals surface area contributed by atoms with Gasteiger partial charge in [-0.3, -0.25) is 14.4 Å². The van der Waals surface area contributed by atoms with Gasteiger partial charge in [-0.2, -0.15) is 9.61 Å². The highest BCUT2D eigenvalue weighted by Crippen LogP contribution is 2.26. The lowest BCUT2D eigenvalue weighted by atomic mass is 10.1. The Morgan fingerprint density at radius 3 is 2.07 bits per heavy atom. The first-order valence-corrected chi connectivity index (χ1v) is 15.2. The van der Waals surface area contributed by atoms with Gasteiger partial charge in [0.2, 0.25) is 0 Å². The van der Waals surface area contributed by atoms with Gasteiger partial charge in [0.25, 0.3) is 11.5 Å². The molecule has 1 amide bonds. The number of nitrogens with zero attached hydrogens (tertiary/aromatic N) is 4. The third-order valence-electron chi connectivity index (χ3n) is 8.06. The molecule has 3 heterocycles. The first kappa shape index (κ1) is 28.5. The number of unbranched alkanes of at least 4 members (excludes halogenated alkanes) is 9. The molecule has 0 saturated heterocycles. The lowest BCUT2D eigenvalue weighted by molar-refractivity contribution is 0.0767. The summed E-state index contributed by atoms with van der Waals surface area (Å²) in [6.45, 7) is 3.05. The van der Waals surface area contributed by atoms with Crippen molar-refractivity contribution in [2.75, 3.05) is 6.54 Å². The third-order valence-corrected chi connectivity index (χ3v) is 8.06. The average molecular weight is 553 g/mol. The molecular formula is C34H40N4O3. The number of hydrogen-bond donors (Lipinski definition) is 0. The van der Waals surface area contributed by atoms with E-state index >= 15 is 0 Å². The predicted octanol–water partition coefficient (Wildman–Crippen LogP) is 6.92. The molecule has 1 aliphatic rings. The second-order valence-corrected chi connectivity index (χ2v) is 11.1. The van der Waals surface area contributed by atoms with Gasteiger partial charge in [-0.25, -0.2) is 0 Å². The Morgan fingerprint density at radius 2 is 1.41 bits per heavy atom. The van der Waals surface area contributed by atoms with E-state index in [4.69, 9.17) is 0 Å². The van der Waals surface area contributed by atoms with Gasteiger partial charge in [-0.05, 0) is 6.42 Å². The molecule has 0 spiro atoms. The Morgan fingerprint density at radius 1 is 0.805 bits per heavy atom. The van der Waals surface area contributed by atoms with Crippen molar-refractivity contribution in [3.63, 3.8) is 0 Å². The highest BCUT2D eigenvalue weighted by Gasteiger charge is 2.35. The summed E-state index contributed by atoms with van der Waals surface area (Å²) < 4.78 is 3.06. The molecule has 0 atom stereocenters. The maximum Gasteiger partial charge on any atom is 0.280 e. The fraction of sp³-hybridized carbons (Fsp3) is 0.412. The Hall–Kier alpha value is -4.00. The van der Waals surface area contributed by atoms with Crippen LogP contribution in [0, 0.1) is 0 Å². The maximum atomic E-state index is 13.7. The van der Waals surface area contributed by atoms with E-state index in [1.54, 1.807) is 27.7 Å². The number of benzene rings is 2. The maximum absolute atomic E-state index is 13.7. The molecule has 0 N–H and O–H groups in total. The first-order chi connectivity index (χ1) is 20.1. The van der Waals surface area contributed by atoms with Gasteiger partial charge in [0, 0.05) is 23.7 Å². The average Bonchev–Trinajstić information content (AvgIpc) is 3.59. The topological polar surface area (TPSA) is 76.7 Å². The molecule has 0 unspecified atom stereocenters. The van der Waals surface area contributed by atoms with Gasteiger partial charge in [-0.1, -0.05) is 125 Å². The van der Waals surface area contributed by atoms with Crippen LogP contribution in [0.3, 0.4) is 0 Å². The van der Waals surface area contributed by atoms with Crippen molar-refractivity contribution in [2.24, 2.45) is 0 Å². The minimum atomic E-state index is -0.292. The summed E-state index contributed by atoms with van der Waals surface area (Å²) in [5, 5.41) is 4.62. The smallest absolute Gasteiger partial charge is 0.280 e. The molecule has 2 aromatic carbocycles. The van der Waals surface area contributed by atoms with E-state index in [-0.39, 0.29) is 30.3 Å². The van der Waals surface area contributed by atoms with Gasteiger partial charge < -0.3 is 9.47 Å². The lowest BCUT2D eigenvalue weighted by Crippen LogP contribution is -2.28. The Bertz CT molecular complexity index is 1540. The van der Waals surface area contributed by atoms with E-state index < -0.39 is 0 Å². The van der Waals surface area contributed by atoms with Crippen molar-refractivity contribution >= 4 is 17.3 Å². The second-order valence-electron chi connectivity index (χ2n) is 11.1. The zero-order valence-electron chi connectivity index (χ0n) is 24.1. The Balaban J connectivity index is 1.34. The van der Waals surface area contributed by atoms with Gasteiger partial charge in [0.15, 0.2) is 5.78 Å². The number of fused-ring (bicyclic) bond motifs is 2. The minimum absolute atomic E-state index is 0.0477. The number of ketones is 1. The molecule has 0 bridgehead atoms. The zero-order chi connectivity index (χ0) is 28.6. The van der Waals surface area contributed by atoms with Crippen LogP contribution in [-0.4, -0.2) is 37.3 Å². The highest BCUT2D eigenvalue weighted by molar-refractivity contribution is 6.00. The van der Waals surface area contributed by atoms with E-state index in [2.05, 4.69) is 12.0 Å². The Labute approximate surface area is 241 Å². The van der Waals surface area contributed by atoms with E-state index in [9.17, 15) is 14.4 Å². The quantitative estimate of drug-likeness (QED) is 0.118. The summed E-state index contributed by atoms with van der Waals surface area (Å²) in [4.78, 5) is 42.4. The van der Waals surface area contributed by atoms with Crippen LogP contribution in [0.1, 0.15) is 97.5 Å². The molecule has 0 saturated carbocycles. The van der Waals surface area contributed by atoms with Gasteiger partial charge in [0.05, 0.1) is 24.3 Å². The van der Waals surface area contributed by atoms with Crippen LogP contribution >= 0.6 is 0 Å². The summed E-state index contributed by atoms with van der Waals surface area (Å²) in [6.07, 6.45) is 12.2. The van der Waals surface area contributed by atoms with Crippen molar-refractivity contribution in [1.29, 1.82) is 0 Å². The number of Topliss-reactive ketones (excluding diaryl/α,β-unsaturated/α-hetero) is 1. The normalized spacial score (nSPS) is 12.8. The summed E-state index contributed by atoms with van der Waals surface area (Å²) in [5.74, 6) is -0.305. The number of rotatable bonds is 15. The summed E-state index contributed by atoms with van der Waals surface area (Å²) in [5.41, 5.74) is 2.95. The van der Waals surface area contributed by atoms with Crippen LogP contribution < -0.4 is 5.56 Å². The van der Waals surface area contributed by atoms with Crippen molar-refractivity contribution in [2.45, 2.75) is 84.2 Å². The molecule has 5 rings (SSSR count). The third kappa shape index (κ3) is 6.50. The predicted molar refractivity (Wildman–Crippen MR) is 162 cm³/mol. The molecule has 0 radical (unpaired) electrons. The van der Waals surface area contributed by atoms with Gasteiger partial charge in [-0.15, -0.1) is 0 Å². The fourth-order valence-corrected chi connectivity index (χ4v) is 5.76. The van der Waals surface area contributed by atoms with Gasteiger partial charge in [0.1, 0.15) is 11.3 Å². The zero-order valence-corrected chi connectivity index (χ0v) is 24.1. The van der Waals surface area contributed by atoms with Crippen LogP contribution in [0.5, 0.6) is 0 Å². The van der Waals surface area contributed by atoms with Crippen molar-refractivity contribution in [1.82, 2.24) is 19.1 Å². The first-order valence-electron chi connectivity index (χ1n) is 15.2. The summed E-state index contributed by atoms with van der Waals surface area (Å²) in [6, 6.07) is 20.5. The molecule has 41 heavy (non-hydrogen) atoms. The van der Waals surface area contributed by atoms with Crippen LogP contribution in [0.15, 0.2) is 71.5 Å². The molecular weight excluding hydrogens is 512 g/mol. The summed E-state index contributed by atoms with van der Waals surface area (Å²) in [7, 11) is 0. The molecule has 0 aliphatic carbocycles. The largest absolute Gasteiger partial charge is 0.333 e. The molecule has 7 nitrogen and oxygen atoms in total. The van der Waals surface area contributed by atoms with E-state index in [1.807, 2.05) is 48.5 Å². The van der Waals surface area contributed by atoms with E-state index in [0.717, 1.165) is 24.8 Å². The minimum Gasteiger partial charge on any atom is -0.333 e. The Kier molecular flexibility index (Phi) is 9.44. The molecule has 1 aliphatic heterocycles. The molecule has 214 valence electrons. The van der Waals surface area contributed by atoms with Crippen molar-refractivity contribution < 1.29 is 9.59 Å². The SMILES string of the molecule is CCCCCCCCCCCCN1Cc2c(n(CC(=O)c3ccccc3)c3cc(-c4ccccc4)nn3c2=O)C1=O. The second kappa shape index (κ2) is 13.6. The van der Waals surface area contributed by atoms with Crippen LogP contribution in [0.4, 0.5) is 0 Å². The van der Waals surface area contributed by atoms with Crippen molar-refractivity contribution in [3.8, 4) is 11.3 Å². The standard InChI is InChI=1S/C34H40N4O3/c1-2-3-4-5-6-7-8-9-10-17-22-36-24-28-32(34(36)41)37(25-30(39)27-20-15-12-16-21-27)31-23-29(35-38(31)33(28)40)26-18-13-11-14-19-26/h11-16,18-21,23H,2-10,17,22,24-25H2,1H3. The molecule has 4 aromatic rings. The van der Waals surface area contributed by atoms with E-state index in [0.29, 0.717) is 34.7 Å². The number of amides is 1. The number of hydrogen-bond acceptors (Lipinski definition) is 4. The highest BCUT2D eigenvalue weighted by atomic mass is 16.2. The molecule has 0 fully saturated rings. The molecule has 7 heteroatoms.